The predicted octanol–water partition coefficient (Wildman–Crippen LogP) is 1.18. The van der Waals surface area contributed by atoms with Crippen LogP contribution in [0.2, 0.25) is 0 Å². The summed E-state index contributed by atoms with van der Waals surface area (Å²) in [6.45, 7) is 0.629. The number of allylic oxidation sites excluding steroid dienone is 1. The van der Waals surface area contributed by atoms with Crippen molar-refractivity contribution in [2.75, 3.05) is 7.05 Å². The molecule has 0 heterocycles. The van der Waals surface area contributed by atoms with E-state index < -0.39 is 58.0 Å². The number of amides is 1. The third-order valence-electron chi connectivity index (χ3n) is 8.50. The van der Waals surface area contributed by atoms with Crippen molar-refractivity contribution in [3.63, 3.8) is 0 Å². The molecule has 2 aromatic carbocycles. The van der Waals surface area contributed by atoms with E-state index in [9.17, 15) is 34.8 Å². The maximum Gasteiger partial charge on any atom is 0.258 e. The van der Waals surface area contributed by atoms with Crippen LogP contribution in [0, 0.1) is 11.8 Å². The summed E-state index contributed by atoms with van der Waals surface area (Å²) in [4.78, 5) is 39.4. The molecule has 4 aliphatic carbocycles. The SMILES string of the molecule is CNC(=O)C1=C(O)[C@@H](N)[C@@H]2C[C@@H]3Cc4cc5ccc(CNC6CC6)cc5c(O)c4C(=O)C3=C(O)[C@]2(O)C1=O. The van der Waals surface area contributed by atoms with Crippen molar-refractivity contribution in [3.8, 4) is 5.75 Å². The van der Waals surface area contributed by atoms with Crippen LogP contribution >= 0.6 is 0 Å². The van der Waals surface area contributed by atoms with Crippen molar-refractivity contribution in [1.82, 2.24) is 10.6 Å². The molecule has 2 aromatic rings. The molecule has 10 nitrogen and oxygen atoms in total. The number of aliphatic hydroxyl groups excluding tert-OH is 2. The highest BCUT2D eigenvalue weighted by atomic mass is 16.3. The van der Waals surface area contributed by atoms with E-state index in [0.29, 0.717) is 23.5 Å². The number of Topliss-reactive ketones (excluding diaryl/α,β-unsaturated/α-hetero) is 2. The Balaban J connectivity index is 1.46. The zero-order valence-electron chi connectivity index (χ0n) is 20.7. The van der Waals surface area contributed by atoms with Gasteiger partial charge in [0.25, 0.3) is 5.91 Å². The summed E-state index contributed by atoms with van der Waals surface area (Å²) in [5, 5.41) is 51.5. The van der Waals surface area contributed by atoms with Crippen molar-refractivity contribution >= 4 is 28.2 Å². The van der Waals surface area contributed by atoms with Crippen molar-refractivity contribution in [3.05, 3.63) is 63.6 Å². The standard InChI is InChI=1S/C28H29N3O7/c1-30-27(37)20-24(34)21(29)17-9-14-8-13-7-12-3-2-11(10-31-15-4-5-15)6-16(12)22(32)18(13)23(33)19(14)25(35)28(17,38)26(20)36/h2-3,6-7,14-15,17,21,31-32,34-35,38H,4-5,8-10,29H2,1H3,(H,30,37)/t14-,17-,21-,28-/m0/s1. The molecule has 1 amide bonds. The van der Waals surface area contributed by atoms with Crippen LogP contribution in [0.4, 0.5) is 0 Å². The largest absolute Gasteiger partial charge is 0.510 e. The molecule has 198 valence electrons. The number of carbonyl (C=O) groups is 3. The van der Waals surface area contributed by atoms with Crippen LogP contribution in [0.3, 0.4) is 0 Å². The molecule has 0 saturated heterocycles. The van der Waals surface area contributed by atoms with E-state index in [1.165, 1.54) is 7.05 Å². The Morgan fingerprint density at radius 3 is 2.58 bits per heavy atom. The van der Waals surface area contributed by atoms with Gasteiger partial charge in [-0.1, -0.05) is 18.2 Å². The van der Waals surface area contributed by atoms with Gasteiger partial charge in [-0.2, -0.15) is 0 Å². The van der Waals surface area contributed by atoms with Crippen LogP contribution in [0.15, 0.2) is 46.9 Å². The highest BCUT2D eigenvalue weighted by molar-refractivity contribution is 6.25. The van der Waals surface area contributed by atoms with Crippen LogP contribution in [-0.4, -0.2) is 62.6 Å². The van der Waals surface area contributed by atoms with Gasteiger partial charge in [0, 0.05) is 36.5 Å². The number of benzene rings is 2. The number of nitrogens with two attached hydrogens (primary N) is 1. The molecule has 1 saturated carbocycles. The Labute approximate surface area is 217 Å². The molecule has 10 heteroatoms. The number of nitrogens with one attached hydrogen (secondary N) is 2. The van der Waals surface area contributed by atoms with Crippen molar-refractivity contribution < 1.29 is 34.8 Å². The van der Waals surface area contributed by atoms with Crippen LogP contribution in [0.25, 0.3) is 10.8 Å². The van der Waals surface area contributed by atoms with Crippen LogP contribution in [0.1, 0.15) is 40.7 Å². The first kappa shape index (κ1) is 24.6. The van der Waals surface area contributed by atoms with E-state index in [-0.39, 0.29) is 29.7 Å². The first-order chi connectivity index (χ1) is 18.1. The Kier molecular flexibility index (Phi) is 5.43. The number of aliphatic hydroxyl groups is 3. The molecule has 8 N–H and O–H groups in total. The number of phenolic OH excluding ortho intramolecular Hbond substituents is 1. The number of rotatable bonds is 4. The van der Waals surface area contributed by atoms with E-state index in [4.69, 9.17) is 5.73 Å². The average Bonchev–Trinajstić information content (AvgIpc) is 3.72. The van der Waals surface area contributed by atoms with Crippen LogP contribution in [0.5, 0.6) is 5.75 Å². The highest BCUT2D eigenvalue weighted by Crippen LogP contribution is 2.51. The molecule has 0 unspecified atom stereocenters. The van der Waals surface area contributed by atoms with Gasteiger partial charge in [0.2, 0.25) is 5.78 Å². The number of fused-ring (bicyclic) bond motifs is 4. The third kappa shape index (κ3) is 3.34. The molecule has 0 bridgehead atoms. The first-order valence-corrected chi connectivity index (χ1v) is 12.7. The quantitative estimate of drug-likeness (QED) is 0.292. The summed E-state index contributed by atoms with van der Waals surface area (Å²) in [6, 6.07) is 6.71. The molecule has 0 radical (unpaired) electrons. The molecule has 0 spiro atoms. The van der Waals surface area contributed by atoms with E-state index in [2.05, 4.69) is 10.6 Å². The minimum atomic E-state index is -2.67. The van der Waals surface area contributed by atoms with E-state index >= 15 is 0 Å². The molecular weight excluding hydrogens is 490 g/mol. The van der Waals surface area contributed by atoms with E-state index in [1.807, 2.05) is 24.3 Å². The fourth-order valence-electron chi connectivity index (χ4n) is 6.29. The van der Waals surface area contributed by atoms with Gasteiger partial charge in [0.15, 0.2) is 11.4 Å². The lowest BCUT2D eigenvalue weighted by atomic mass is 9.59. The summed E-state index contributed by atoms with van der Waals surface area (Å²) in [6.07, 6.45) is 2.53. The number of likely N-dealkylation sites (N-methyl/N-ethyl adjacent to an activating group) is 1. The maximum atomic E-state index is 13.8. The normalized spacial score (nSPS) is 28.8. The maximum absolute atomic E-state index is 13.8. The topological polar surface area (TPSA) is 182 Å². The Morgan fingerprint density at radius 2 is 1.89 bits per heavy atom. The number of aromatic hydroxyl groups is 1. The van der Waals surface area contributed by atoms with Crippen molar-refractivity contribution in [2.24, 2.45) is 17.6 Å². The second-order valence-electron chi connectivity index (χ2n) is 10.8. The molecule has 38 heavy (non-hydrogen) atoms. The fraction of sp³-hybridized carbons (Fsp3) is 0.393. The predicted molar refractivity (Wildman–Crippen MR) is 136 cm³/mol. The zero-order valence-corrected chi connectivity index (χ0v) is 20.7. The van der Waals surface area contributed by atoms with Gasteiger partial charge >= 0.3 is 0 Å². The summed E-state index contributed by atoms with van der Waals surface area (Å²) >= 11 is 0. The first-order valence-electron chi connectivity index (χ1n) is 12.7. The van der Waals surface area contributed by atoms with Gasteiger partial charge in [-0.15, -0.1) is 0 Å². The van der Waals surface area contributed by atoms with E-state index in [0.717, 1.165) is 23.8 Å². The van der Waals surface area contributed by atoms with Crippen LogP contribution in [-0.2, 0) is 22.6 Å². The molecule has 0 aliphatic heterocycles. The van der Waals surface area contributed by atoms with Crippen molar-refractivity contribution in [1.29, 1.82) is 0 Å². The lowest BCUT2D eigenvalue weighted by molar-refractivity contribution is -0.145. The smallest absolute Gasteiger partial charge is 0.258 e. The second kappa shape index (κ2) is 8.39. The molecule has 4 aliphatic rings. The molecular formula is C28H29N3O7. The van der Waals surface area contributed by atoms with E-state index in [1.54, 1.807) is 0 Å². The lowest BCUT2D eigenvalue weighted by Gasteiger charge is -2.47. The monoisotopic (exact) mass is 519 g/mol. The van der Waals surface area contributed by atoms with Crippen molar-refractivity contribution in [2.45, 2.75) is 49.9 Å². The summed E-state index contributed by atoms with van der Waals surface area (Å²) in [5.74, 6) is -6.44. The number of phenols is 1. The number of ketones is 2. The molecule has 0 aromatic heterocycles. The third-order valence-corrected chi connectivity index (χ3v) is 8.50. The van der Waals surface area contributed by atoms with Gasteiger partial charge < -0.3 is 36.8 Å². The second-order valence-corrected chi connectivity index (χ2v) is 10.8. The fourth-order valence-corrected chi connectivity index (χ4v) is 6.29. The number of carbonyl (C=O) groups excluding carboxylic acids is 3. The molecule has 4 atom stereocenters. The van der Waals surface area contributed by atoms with Crippen LogP contribution < -0.4 is 16.4 Å². The Bertz CT molecular complexity index is 1510. The van der Waals surface area contributed by atoms with Gasteiger partial charge in [-0.3, -0.25) is 14.4 Å². The van der Waals surface area contributed by atoms with Gasteiger partial charge in [0.05, 0.1) is 11.6 Å². The average molecular weight is 520 g/mol. The molecule has 1 fully saturated rings. The van der Waals surface area contributed by atoms with Gasteiger partial charge in [-0.25, -0.2) is 0 Å². The number of hydrogen-bond acceptors (Lipinski definition) is 9. The summed E-state index contributed by atoms with van der Waals surface area (Å²) in [7, 11) is 1.24. The Morgan fingerprint density at radius 1 is 1.16 bits per heavy atom. The zero-order chi connectivity index (χ0) is 27.1. The Hall–Kier alpha value is -3.73. The number of hydrogen-bond donors (Lipinski definition) is 7. The lowest BCUT2D eigenvalue weighted by Crippen LogP contribution is -2.63. The summed E-state index contributed by atoms with van der Waals surface area (Å²) < 4.78 is 0. The minimum Gasteiger partial charge on any atom is -0.510 e. The molecule has 6 rings (SSSR count). The minimum absolute atomic E-state index is 0.00361. The van der Waals surface area contributed by atoms with Gasteiger partial charge in [-0.05, 0) is 54.2 Å². The van der Waals surface area contributed by atoms with Gasteiger partial charge in [0.1, 0.15) is 22.8 Å². The summed E-state index contributed by atoms with van der Waals surface area (Å²) in [5.41, 5.74) is 4.11. The highest BCUT2D eigenvalue weighted by Gasteiger charge is 2.62.